The van der Waals surface area contributed by atoms with E-state index < -0.39 is 11.6 Å². The first-order valence-electron chi connectivity index (χ1n) is 7.99. The number of halogens is 3. The van der Waals surface area contributed by atoms with Crippen LogP contribution in [0.25, 0.3) is 0 Å². The van der Waals surface area contributed by atoms with Gasteiger partial charge in [0, 0.05) is 26.3 Å². The predicted octanol–water partition coefficient (Wildman–Crippen LogP) is 3.52. The van der Waals surface area contributed by atoms with Crippen LogP contribution >= 0.6 is 11.6 Å². The molecule has 2 aromatic rings. The Labute approximate surface area is 151 Å². The van der Waals surface area contributed by atoms with Gasteiger partial charge in [-0.15, -0.1) is 0 Å². The molecule has 0 saturated heterocycles. The Morgan fingerprint density at radius 2 is 2.00 bits per heavy atom. The van der Waals surface area contributed by atoms with E-state index in [9.17, 15) is 8.78 Å². The lowest BCUT2D eigenvalue weighted by Gasteiger charge is -2.16. The van der Waals surface area contributed by atoms with Crippen LogP contribution in [0.5, 0.6) is 0 Å². The summed E-state index contributed by atoms with van der Waals surface area (Å²) in [5.74, 6) is -1.01. The molecule has 0 aliphatic heterocycles. The minimum Gasteiger partial charge on any atom is -0.356 e. The zero-order valence-electron chi connectivity index (χ0n) is 14.2. The second kappa shape index (κ2) is 9.32. The van der Waals surface area contributed by atoms with Crippen molar-refractivity contribution in [2.45, 2.75) is 19.3 Å². The van der Waals surface area contributed by atoms with E-state index in [1.165, 1.54) is 6.07 Å². The zero-order chi connectivity index (χ0) is 18.2. The number of nitrogens with one attached hydrogen (secondary N) is 2. The highest BCUT2D eigenvalue weighted by Crippen LogP contribution is 2.17. The fourth-order valence-corrected chi connectivity index (χ4v) is 2.40. The number of aromatic nitrogens is 1. The van der Waals surface area contributed by atoms with Gasteiger partial charge in [0.05, 0.1) is 0 Å². The Morgan fingerprint density at radius 3 is 2.64 bits per heavy atom. The van der Waals surface area contributed by atoms with Crippen LogP contribution in [0.3, 0.4) is 0 Å². The van der Waals surface area contributed by atoms with E-state index in [-0.39, 0.29) is 5.92 Å². The molecule has 0 aliphatic rings. The second-order valence-electron chi connectivity index (χ2n) is 5.69. The van der Waals surface area contributed by atoms with Crippen LogP contribution in [0.1, 0.15) is 24.0 Å². The molecule has 1 aromatic carbocycles. The van der Waals surface area contributed by atoms with Gasteiger partial charge >= 0.3 is 0 Å². The minimum absolute atomic E-state index is 0.00844. The SMILES string of the molecule is CN=C(NCCc1ccc(Cl)nc1)NCC(C)c1ccc(F)c(F)c1. The average Bonchev–Trinajstić information content (AvgIpc) is 2.61. The normalized spacial score (nSPS) is 12.8. The van der Waals surface area contributed by atoms with E-state index in [0.717, 1.165) is 23.6 Å². The van der Waals surface area contributed by atoms with Gasteiger partial charge in [-0.3, -0.25) is 4.99 Å². The highest BCUT2D eigenvalue weighted by atomic mass is 35.5. The maximum atomic E-state index is 13.3. The standard InChI is InChI=1S/C18H21ClF2N4/c1-12(14-4-5-15(20)16(21)9-14)10-25-18(22-2)23-8-7-13-3-6-17(19)24-11-13/h3-6,9,11-12H,7-8,10H2,1-2H3,(H2,22,23,25). The molecule has 0 radical (unpaired) electrons. The Morgan fingerprint density at radius 1 is 1.20 bits per heavy atom. The van der Waals surface area contributed by atoms with Gasteiger partial charge in [-0.1, -0.05) is 30.7 Å². The molecule has 2 rings (SSSR count). The van der Waals surface area contributed by atoms with Gasteiger partial charge in [0.25, 0.3) is 0 Å². The number of benzene rings is 1. The molecule has 0 aliphatic carbocycles. The third-order valence-corrected chi connectivity index (χ3v) is 4.03. The number of guanidine groups is 1. The summed E-state index contributed by atoms with van der Waals surface area (Å²) in [6.45, 7) is 3.17. The van der Waals surface area contributed by atoms with Gasteiger partial charge in [0.1, 0.15) is 5.15 Å². The first-order chi connectivity index (χ1) is 12.0. The summed E-state index contributed by atoms with van der Waals surface area (Å²) in [5.41, 5.74) is 1.80. The van der Waals surface area contributed by atoms with Crippen molar-refractivity contribution in [3.8, 4) is 0 Å². The molecule has 7 heteroatoms. The highest BCUT2D eigenvalue weighted by Gasteiger charge is 2.10. The van der Waals surface area contributed by atoms with Crippen molar-refractivity contribution < 1.29 is 8.78 Å². The van der Waals surface area contributed by atoms with Crippen molar-refractivity contribution in [1.29, 1.82) is 0 Å². The lowest BCUT2D eigenvalue weighted by molar-refractivity contribution is 0.505. The smallest absolute Gasteiger partial charge is 0.191 e. The van der Waals surface area contributed by atoms with Crippen molar-refractivity contribution in [3.05, 3.63) is 64.4 Å². The van der Waals surface area contributed by atoms with E-state index in [4.69, 9.17) is 11.6 Å². The van der Waals surface area contributed by atoms with E-state index in [0.29, 0.717) is 24.2 Å². The largest absolute Gasteiger partial charge is 0.356 e. The molecule has 0 bridgehead atoms. The monoisotopic (exact) mass is 366 g/mol. The zero-order valence-corrected chi connectivity index (χ0v) is 14.9. The molecule has 1 unspecified atom stereocenters. The lowest BCUT2D eigenvalue weighted by atomic mass is 10.0. The summed E-state index contributed by atoms with van der Waals surface area (Å²) in [6, 6.07) is 7.65. The van der Waals surface area contributed by atoms with Crippen molar-refractivity contribution in [3.63, 3.8) is 0 Å². The predicted molar refractivity (Wildman–Crippen MR) is 97.1 cm³/mol. The fraction of sp³-hybridized carbons (Fsp3) is 0.333. The Kier molecular flexibility index (Phi) is 7.13. The molecule has 0 fully saturated rings. The van der Waals surface area contributed by atoms with Gasteiger partial charge in [0.15, 0.2) is 17.6 Å². The van der Waals surface area contributed by atoms with Crippen LogP contribution in [0.4, 0.5) is 8.78 Å². The van der Waals surface area contributed by atoms with Crippen LogP contribution in [-0.2, 0) is 6.42 Å². The molecule has 2 N–H and O–H groups in total. The van der Waals surface area contributed by atoms with Gasteiger partial charge in [-0.2, -0.15) is 0 Å². The summed E-state index contributed by atoms with van der Waals surface area (Å²) < 4.78 is 26.3. The van der Waals surface area contributed by atoms with Crippen LogP contribution in [-0.4, -0.2) is 31.1 Å². The van der Waals surface area contributed by atoms with Gasteiger partial charge in [-0.05, 0) is 41.7 Å². The molecule has 1 aromatic heterocycles. The van der Waals surface area contributed by atoms with Crippen LogP contribution in [0.15, 0.2) is 41.5 Å². The van der Waals surface area contributed by atoms with E-state index in [2.05, 4.69) is 20.6 Å². The number of rotatable bonds is 6. The summed E-state index contributed by atoms with van der Waals surface area (Å²) in [5, 5.41) is 6.86. The molecule has 4 nitrogen and oxygen atoms in total. The molecule has 134 valence electrons. The fourth-order valence-electron chi connectivity index (χ4n) is 2.29. The minimum atomic E-state index is -0.835. The third-order valence-electron chi connectivity index (χ3n) is 3.81. The van der Waals surface area contributed by atoms with Crippen LogP contribution < -0.4 is 10.6 Å². The molecule has 25 heavy (non-hydrogen) atoms. The number of nitrogens with zero attached hydrogens (tertiary/aromatic N) is 2. The van der Waals surface area contributed by atoms with Crippen LogP contribution in [0.2, 0.25) is 5.15 Å². The highest BCUT2D eigenvalue weighted by molar-refractivity contribution is 6.29. The van der Waals surface area contributed by atoms with Gasteiger partial charge < -0.3 is 10.6 Å². The van der Waals surface area contributed by atoms with Gasteiger partial charge in [0.2, 0.25) is 0 Å². The Hall–Kier alpha value is -2.21. The van der Waals surface area contributed by atoms with E-state index >= 15 is 0 Å². The van der Waals surface area contributed by atoms with Gasteiger partial charge in [-0.25, -0.2) is 13.8 Å². The lowest BCUT2D eigenvalue weighted by Crippen LogP contribution is -2.39. The van der Waals surface area contributed by atoms with Crippen molar-refractivity contribution in [2.75, 3.05) is 20.1 Å². The summed E-state index contributed by atoms with van der Waals surface area (Å²) >= 11 is 5.76. The van der Waals surface area contributed by atoms with E-state index in [1.807, 2.05) is 13.0 Å². The molecule has 0 saturated carbocycles. The van der Waals surface area contributed by atoms with Crippen molar-refractivity contribution in [1.82, 2.24) is 15.6 Å². The summed E-state index contributed by atoms with van der Waals surface area (Å²) in [7, 11) is 1.68. The summed E-state index contributed by atoms with van der Waals surface area (Å²) in [6.07, 6.45) is 2.52. The van der Waals surface area contributed by atoms with E-state index in [1.54, 1.807) is 25.4 Å². The molecular formula is C18H21ClF2N4. The quantitative estimate of drug-likeness (QED) is 0.467. The number of hydrogen-bond donors (Lipinski definition) is 2. The molecule has 0 amide bonds. The third kappa shape index (κ3) is 5.98. The summed E-state index contributed by atoms with van der Waals surface area (Å²) in [4.78, 5) is 8.19. The first-order valence-corrected chi connectivity index (χ1v) is 8.37. The topological polar surface area (TPSA) is 49.3 Å². The molecule has 1 atom stereocenters. The Bertz CT molecular complexity index is 720. The van der Waals surface area contributed by atoms with Crippen molar-refractivity contribution >= 4 is 17.6 Å². The average molecular weight is 367 g/mol. The molecular weight excluding hydrogens is 346 g/mol. The number of hydrogen-bond acceptors (Lipinski definition) is 2. The first kappa shape index (κ1) is 19.1. The maximum Gasteiger partial charge on any atom is 0.191 e. The maximum absolute atomic E-state index is 13.3. The number of pyridine rings is 1. The molecule has 1 heterocycles. The number of aliphatic imine (C=N–C) groups is 1. The second-order valence-corrected chi connectivity index (χ2v) is 6.08. The molecule has 0 spiro atoms. The van der Waals surface area contributed by atoms with Crippen LogP contribution in [0, 0.1) is 11.6 Å². The Balaban J connectivity index is 1.79. The van der Waals surface area contributed by atoms with Crippen molar-refractivity contribution in [2.24, 2.45) is 4.99 Å².